The van der Waals surface area contributed by atoms with Gasteiger partial charge in [0, 0.05) is 11.5 Å². The molecule has 0 aliphatic rings. The first-order valence-corrected chi connectivity index (χ1v) is 7.48. The summed E-state index contributed by atoms with van der Waals surface area (Å²) in [5.41, 5.74) is 1.89. The molecule has 0 radical (unpaired) electrons. The molecule has 2 rings (SSSR count). The molecule has 0 saturated carbocycles. The molecule has 0 aliphatic carbocycles. The van der Waals surface area contributed by atoms with E-state index < -0.39 is 0 Å². The largest absolute Gasteiger partial charge is 0.423 e. The van der Waals surface area contributed by atoms with E-state index in [2.05, 4.69) is 36.3 Å². The van der Waals surface area contributed by atoms with Gasteiger partial charge in [-0.3, -0.25) is 4.79 Å². The number of hydrogen-bond donors (Lipinski definition) is 1. The summed E-state index contributed by atoms with van der Waals surface area (Å²) in [6.45, 7) is 10.6. The smallest absolute Gasteiger partial charge is 0.251 e. The molecular weight excluding hydrogens is 278 g/mol. The van der Waals surface area contributed by atoms with Crippen molar-refractivity contribution in [2.24, 2.45) is 0 Å². The van der Waals surface area contributed by atoms with Gasteiger partial charge >= 0.3 is 0 Å². The summed E-state index contributed by atoms with van der Waals surface area (Å²) in [4.78, 5) is 12.1. The second kappa shape index (κ2) is 6.30. The molecule has 0 unspecified atom stereocenters. The molecule has 1 aromatic heterocycles. The van der Waals surface area contributed by atoms with Gasteiger partial charge < -0.3 is 9.73 Å². The Bertz CT molecular complexity index is 637. The molecule has 0 spiro atoms. The number of nitrogens with zero attached hydrogens (tertiary/aromatic N) is 2. The van der Waals surface area contributed by atoms with Crippen LogP contribution in [0.2, 0.25) is 0 Å². The zero-order valence-corrected chi connectivity index (χ0v) is 13.8. The van der Waals surface area contributed by atoms with Crippen molar-refractivity contribution in [1.29, 1.82) is 0 Å². The molecule has 1 aromatic carbocycles. The van der Waals surface area contributed by atoms with Gasteiger partial charge in [-0.2, -0.15) is 0 Å². The van der Waals surface area contributed by atoms with Crippen molar-refractivity contribution in [2.45, 2.75) is 52.5 Å². The van der Waals surface area contributed by atoms with Crippen LogP contribution < -0.4 is 5.32 Å². The lowest BCUT2D eigenvalue weighted by Crippen LogP contribution is -2.23. The first-order chi connectivity index (χ1) is 10.3. The van der Waals surface area contributed by atoms with Gasteiger partial charge in [0.2, 0.25) is 11.8 Å². The van der Waals surface area contributed by atoms with E-state index in [1.807, 2.05) is 38.1 Å². The molecule has 1 heterocycles. The number of benzene rings is 1. The lowest BCUT2D eigenvalue weighted by atomic mass is 9.87. The third-order valence-corrected chi connectivity index (χ3v) is 3.39. The van der Waals surface area contributed by atoms with E-state index in [-0.39, 0.29) is 23.8 Å². The average Bonchev–Trinajstić information content (AvgIpc) is 2.93. The molecule has 0 fully saturated rings. The van der Waals surface area contributed by atoms with Crippen molar-refractivity contribution in [2.75, 3.05) is 0 Å². The molecule has 0 saturated heterocycles. The maximum Gasteiger partial charge on any atom is 0.251 e. The van der Waals surface area contributed by atoms with Gasteiger partial charge in [-0.15, -0.1) is 10.2 Å². The van der Waals surface area contributed by atoms with Crippen LogP contribution >= 0.6 is 0 Å². The lowest BCUT2D eigenvalue weighted by molar-refractivity contribution is 0.0947. The Hall–Kier alpha value is -2.17. The van der Waals surface area contributed by atoms with Crippen LogP contribution in [-0.2, 0) is 12.0 Å². The molecule has 5 heteroatoms. The van der Waals surface area contributed by atoms with Gasteiger partial charge in [0.05, 0.1) is 6.54 Å². The van der Waals surface area contributed by atoms with E-state index in [1.165, 1.54) is 5.56 Å². The van der Waals surface area contributed by atoms with Crippen LogP contribution in [0.1, 0.15) is 68.2 Å². The Morgan fingerprint density at radius 3 is 2.32 bits per heavy atom. The Kier molecular flexibility index (Phi) is 4.64. The summed E-state index contributed by atoms with van der Waals surface area (Å²) < 4.78 is 5.46. The average molecular weight is 301 g/mol. The fourth-order valence-corrected chi connectivity index (χ4v) is 1.95. The fraction of sp³-hybridized carbons (Fsp3) is 0.471. The standard InChI is InChI=1S/C17H23N3O2/c1-11(2)16-20-19-14(22-16)10-18-15(21)12-6-8-13(9-7-12)17(3,4)5/h6-9,11H,10H2,1-5H3,(H,18,21). The number of carbonyl (C=O) groups is 1. The summed E-state index contributed by atoms with van der Waals surface area (Å²) >= 11 is 0. The maximum atomic E-state index is 12.1. The normalized spacial score (nSPS) is 11.7. The minimum absolute atomic E-state index is 0.0754. The second-order valence-corrected chi connectivity index (χ2v) is 6.70. The van der Waals surface area contributed by atoms with Crippen LogP contribution in [0.3, 0.4) is 0 Å². The van der Waals surface area contributed by atoms with Crippen LogP contribution in [0.25, 0.3) is 0 Å². The molecule has 1 amide bonds. The summed E-state index contributed by atoms with van der Waals surface area (Å²) in [7, 11) is 0. The summed E-state index contributed by atoms with van der Waals surface area (Å²) in [6.07, 6.45) is 0. The fourth-order valence-electron chi connectivity index (χ4n) is 1.95. The Balaban J connectivity index is 1.97. The van der Waals surface area contributed by atoms with Gasteiger partial charge in [-0.05, 0) is 23.1 Å². The van der Waals surface area contributed by atoms with Crippen molar-refractivity contribution < 1.29 is 9.21 Å². The van der Waals surface area contributed by atoms with Gasteiger partial charge in [0.15, 0.2) is 0 Å². The van der Waals surface area contributed by atoms with Crippen molar-refractivity contribution in [3.63, 3.8) is 0 Å². The minimum Gasteiger partial charge on any atom is -0.423 e. The molecule has 118 valence electrons. The summed E-state index contributed by atoms with van der Waals surface area (Å²) in [6, 6.07) is 7.64. The van der Waals surface area contributed by atoms with E-state index in [0.717, 1.165) is 0 Å². The van der Waals surface area contributed by atoms with Crippen molar-refractivity contribution in [1.82, 2.24) is 15.5 Å². The Morgan fingerprint density at radius 1 is 1.18 bits per heavy atom. The molecule has 0 bridgehead atoms. The van der Waals surface area contributed by atoms with Crippen molar-refractivity contribution in [3.05, 3.63) is 47.2 Å². The van der Waals surface area contributed by atoms with Crippen LogP contribution in [0.4, 0.5) is 0 Å². The molecule has 5 nitrogen and oxygen atoms in total. The topological polar surface area (TPSA) is 68.0 Å². The zero-order chi connectivity index (χ0) is 16.3. The first-order valence-electron chi connectivity index (χ1n) is 7.48. The quantitative estimate of drug-likeness (QED) is 0.939. The zero-order valence-electron chi connectivity index (χ0n) is 13.8. The van der Waals surface area contributed by atoms with Crippen LogP contribution in [0, 0.1) is 0 Å². The lowest BCUT2D eigenvalue weighted by Gasteiger charge is -2.18. The highest BCUT2D eigenvalue weighted by molar-refractivity contribution is 5.94. The predicted molar refractivity (Wildman–Crippen MR) is 84.7 cm³/mol. The van der Waals surface area contributed by atoms with Crippen molar-refractivity contribution in [3.8, 4) is 0 Å². The van der Waals surface area contributed by atoms with Gasteiger partial charge in [-0.1, -0.05) is 46.8 Å². The molecule has 0 atom stereocenters. The Morgan fingerprint density at radius 2 is 1.82 bits per heavy atom. The number of rotatable bonds is 4. The van der Waals surface area contributed by atoms with Crippen LogP contribution in [0.5, 0.6) is 0 Å². The second-order valence-electron chi connectivity index (χ2n) is 6.70. The van der Waals surface area contributed by atoms with E-state index >= 15 is 0 Å². The van der Waals surface area contributed by atoms with Crippen LogP contribution in [0.15, 0.2) is 28.7 Å². The van der Waals surface area contributed by atoms with E-state index in [1.54, 1.807) is 0 Å². The predicted octanol–water partition coefficient (Wildman–Crippen LogP) is 3.42. The summed E-state index contributed by atoms with van der Waals surface area (Å²) in [5.74, 6) is 1.04. The third-order valence-electron chi connectivity index (χ3n) is 3.39. The number of aromatic nitrogens is 2. The first kappa shape index (κ1) is 16.2. The molecule has 1 N–H and O–H groups in total. The third kappa shape index (κ3) is 3.93. The monoisotopic (exact) mass is 301 g/mol. The molecule has 2 aromatic rings. The molecule has 22 heavy (non-hydrogen) atoms. The highest BCUT2D eigenvalue weighted by Crippen LogP contribution is 2.22. The van der Waals surface area contributed by atoms with E-state index in [9.17, 15) is 4.79 Å². The number of nitrogens with one attached hydrogen (secondary N) is 1. The molecular formula is C17H23N3O2. The SMILES string of the molecule is CC(C)c1nnc(CNC(=O)c2ccc(C(C)(C)C)cc2)o1. The van der Waals surface area contributed by atoms with Gasteiger partial charge in [0.25, 0.3) is 5.91 Å². The van der Waals surface area contributed by atoms with Crippen LogP contribution in [-0.4, -0.2) is 16.1 Å². The highest BCUT2D eigenvalue weighted by atomic mass is 16.4. The number of hydrogen-bond acceptors (Lipinski definition) is 4. The van der Waals surface area contributed by atoms with Crippen molar-refractivity contribution >= 4 is 5.91 Å². The number of amides is 1. The van der Waals surface area contributed by atoms with E-state index in [4.69, 9.17) is 4.42 Å². The van der Waals surface area contributed by atoms with E-state index in [0.29, 0.717) is 17.3 Å². The summed E-state index contributed by atoms with van der Waals surface area (Å²) in [5, 5.41) is 10.6. The highest BCUT2D eigenvalue weighted by Gasteiger charge is 2.15. The number of carbonyl (C=O) groups excluding carboxylic acids is 1. The van der Waals surface area contributed by atoms with Gasteiger partial charge in [-0.25, -0.2) is 0 Å². The minimum atomic E-state index is -0.148. The maximum absolute atomic E-state index is 12.1. The molecule has 0 aliphatic heterocycles. The van der Waals surface area contributed by atoms with Gasteiger partial charge in [0.1, 0.15) is 0 Å². The Labute approximate surface area is 131 Å².